The van der Waals surface area contributed by atoms with Crippen molar-refractivity contribution in [2.24, 2.45) is 5.10 Å². The molecular formula is C19H30N2O2. The molecule has 23 heavy (non-hydrogen) atoms. The Kier molecular flexibility index (Phi) is 7.37. The van der Waals surface area contributed by atoms with Crippen molar-refractivity contribution in [3.63, 3.8) is 0 Å². The summed E-state index contributed by atoms with van der Waals surface area (Å²) in [6.07, 6.45) is 13.7. The number of nitrogens with zero attached hydrogens (tertiary/aromatic N) is 1. The summed E-state index contributed by atoms with van der Waals surface area (Å²) in [7, 11) is 0. The lowest BCUT2D eigenvalue weighted by Gasteiger charge is -2.09. The molecule has 0 aliphatic heterocycles. The number of aryl methyl sites for hydroxylation is 2. The van der Waals surface area contributed by atoms with E-state index in [1.807, 2.05) is 13.8 Å². The van der Waals surface area contributed by atoms with Gasteiger partial charge in [0.25, 0.3) is 5.91 Å². The van der Waals surface area contributed by atoms with E-state index in [2.05, 4.69) is 10.5 Å². The number of carbonyl (C=O) groups excluding carboxylic acids is 1. The van der Waals surface area contributed by atoms with Crippen LogP contribution < -0.4 is 5.43 Å². The van der Waals surface area contributed by atoms with E-state index >= 15 is 0 Å². The van der Waals surface area contributed by atoms with E-state index in [0.717, 1.165) is 24.3 Å². The van der Waals surface area contributed by atoms with E-state index in [0.29, 0.717) is 11.3 Å². The predicted molar refractivity (Wildman–Crippen MR) is 93.9 cm³/mol. The molecule has 0 unspecified atom stereocenters. The van der Waals surface area contributed by atoms with Crippen LogP contribution in [0.5, 0.6) is 0 Å². The summed E-state index contributed by atoms with van der Waals surface area (Å²) in [5.74, 6) is 1.24. The summed E-state index contributed by atoms with van der Waals surface area (Å²) in [6.45, 7) is 3.66. The Morgan fingerprint density at radius 2 is 1.48 bits per heavy atom. The number of hydrogen-bond acceptors (Lipinski definition) is 3. The second-order valence-electron chi connectivity index (χ2n) is 6.63. The summed E-state index contributed by atoms with van der Waals surface area (Å²) in [5.41, 5.74) is 4.44. The van der Waals surface area contributed by atoms with Crippen LogP contribution in [0.4, 0.5) is 0 Å². The third-order valence-electron chi connectivity index (χ3n) is 4.53. The van der Waals surface area contributed by atoms with Crippen LogP contribution in [-0.4, -0.2) is 11.6 Å². The Hall–Kier alpha value is -1.58. The van der Waals surface area contributed by atoms with Crippen LogP contribution in [0.25, 0.3) is 0 Å². The van der Waals surface area contributed by atoms with Crippen LogP contribution in [0.2, 0.25) is 0 Å². The van der Waals surface area contributed by atoms with Gasteiger partial charge >= 0.3 is 0 Å². The Labute approximate surface area is 139 Å². The fraction of sp³-hybridized carbons (Fsp3) is 0.684. The van der Waals surface area contributed by atoms with Gasteiger partial charge in [-0.3, -0.25) is 4.79 Å². The Morgan fingerprint density at radius 1 is 0.957 bits per heavy atom. The van der Waals surface area contributed by atoms with Crippen molar-refractivity contribution in [1.82, 2.24) is 5.43 Å². The number of hydrazone groups is 1. The van der Waals surface area contributed by atoms with Crippen molar-refractivity contribution >= 4 is 11.6 Å². The molecule has 1 heterocycles. The maximum absolute atomic E-state index is 12.2. The molecule has 128 valence electrons. The highest BCUT2D eigenvalue weighted by Gasteiger charge is 2.13. The molecule has 1 N–H and O–H groups in total. The minimum absolute atomic E-state index is 0.169. The summed E-state index contributed by atoms with van der Waals surface area (Å²) in [5, 5.41) is 4.41. The minimum Gasteiger partial charge on any atom is -0.466 e. The van der Waals surface area contributed by atoms with E-state index in [9.17, 15) is 4.79 Å². The van der Waals surface area contributed by atoms with Gasteiger partial charge in [0.1, 0.15) is 11.5 Å². The van der Waals surface area contributed by atoms with Gasteiger partial charge in [-0.15, -0.1) is 0 Å². The second-order valence-corrected chi connectivity index (χ2v) is 6.63. The second kappa shape index (κ2) is 9.53. The van der Waals surface area contributed by atoms with Gasteiger partial charge in [0.15, 0.2) is 0 Å². The quantitative estimate of drug-likeness (QED) is 0.753. The molecule has 0 saturated heterocycles. The minimum atomic E-state index is -0.169. The zero-order valence-corrected chi connectivity index (χ0v) is 14.6. The molecule has 1 saturated carbocycles. The van der Waals surface area contributed by atoms with Crippen LogP contribution in [-0.2, 0) is 0 Å². The van der Waals surface area contributed by atoms with E-state index in [-0.39, 0.29) is 5.91 Å². The lowest BCUT2D eigenvalue weighted by molar-refractivity contribution is 0.0953. The SMILES string of the molecule is Cc1cc(C(=O)NN=C2CCCCCCCCCCC2)c(C)o1. The first-order valence-corrected chi connectivity index (χ1v) is 9.09. The van der Waals surface area contributed by atoms with Gasteiger partial charge < -0.3 is 4.42 Å². The van der Waals surface area contributed by atoms with Crippen molar-refractivity contribution in [3.05, 3.63) is 23.2 Å². The topological polar surface area (TPSA) is 54.6 Å². The first kappa shape index (κ1) is 17.8. The van der Waals surface area contributed by atoms with Crippen LogP contribution in [0, 0.1) is 13.8 Å². The molecule has 1 aromatic heterocycles. The van der Waals surface area contributed by atoms with Gasteiger partial charge in [-0.05, 0) is 45.6 Å². The van der Waals surface area contributed by atoms with E-state index in [1.54, 1.807) is 6.07 Å². The highest BCUT2D eigenvalue weighted by Crippen LogP contribution is 2.16. The van der Waals surface area contributed by atoms with Crippen molar-refractivity contribution in [2.45, 2.75) is 84.5 Å². The van der Waals surface area contributed by atoms with Gasteiger partial charge in [-0.1, -0.05) is 44.9 Å². The van der Waals surface area contributed by atoms with Gasteiger partial charge in [-0.2, -0.15) is 5.10 Å². The average molecular weight is 318 g/mol. The molecule has 2 rings (SSSR count). The zero-order chi connectivity index (χ0) is 16.5. The van der Waals surface area contributed by atoms with Crippen molar-refractivity contribution in [3.8, 4) is 0 Å². The Bertz CT molecular complexity index is 517. The Balaban J connectivity index is 1.91. The summed E-state index contributed by atoms with van der Waals surface area (Å²) < 4.78 is 5.41. The highest BCUT2D eigenvalue weighted by atomic mass is 16.3. The molecule has 0 radical (unpaired) electrons. The largest absolute Gasteiger partial charge is 0.466 e. The standard InChI is InChI=1S/C19H30N2O2/c1-15-14-18(16(2)23-15)19(22)21-20-17-12-10-8-6-4-3-5-7-9-11-13-17/h14H,3-13H2,1-2H3,(H,21,22). The summed E-state index contributed by atoms with van der Waals surface area (Å²) >= 11 is 0. The molecule has 4 heteroatoms. The number of furan rings is 1. The molecule has 1 fully saturated rings. The molecule has 0 atom stereocenters. The molecule has 0 aromatic carbocycles. The number of nitrogens with one attached hydrogen (secondary N) is 1. The summed E-state index contributed by atoms with van der Waals surface area (Å²) in [4.78, 5) is 12.2. The molecular weight excluding hydrogens is 288 g/mol. The third-order valence-corrected chi connectivity index (χ3v) is 4.53. The van der Waals surface area contributed by atoms with Crippen molar-refractivity contribution in [2.75, 3.05) is 0 Å². The molecule has 1 aromatic rings. The number of rotatable bonds is 2. The number of hydrogen-bond donors (Lipinski definition) is 1. The highest BCUT2D eigenvalue weighted by molar-refractivity contribution is 5.96. The molecule has 1 aliphatic rings. The fourth-order valence-electron chi connectivity index (χ4n) is 3.18. The van der Waals surface area contributed by atoms with Gasteiger partial charge in [0.2, 0.25) is 0 Å². The Morgan fingerprint density at radius 3 is 1.96 bits per heavy atom. The lowest BCUT2D eigenvalue weighted by atomic mass is 10.00. The molecule has 1 aliphatic carbocycles. The molecule has 0 spiro atoms. The third kappa shape index (κ3) is 6.20. The van der Waals surface area contributed by atoms with Crippen LogP contribution >= 0.6 is 0 Å². The van der Waals surface area contributed by atoms with Crippen molar-refractivity contribution in [1.29, 1.82) is 0 Å². The van der Waals surface area contributed by atoms with Crippen LogP contribution in [0.15, 0.2) is 15.6 Å². The van der Waals surface area contributed by atoms with Gasteiger partial charge in [-0.25, -0.2) is 5.43 Å². The van der Waals surface area contributed by atoms with E-state index < -0.39 is 0 Å². The maximum atomic E-state index is 12.2. The van der Waals surface area contributed by atoms with E-state index in [1.165, 1.54) is 57.8 Å². The number of carbonyl (C=O) groups is 1. The van der Waals surface area contributed by atoms with E-state index in [4.69, 9.17) is 4.42 Å². The number of amides is 1. The first-order valence-electron chi connectivity index (χ1n) is 9.09. The normalized spacial score (nSPS) is 17.9. The van der Waals surface area contributed by atoms with Gasteiger partial charge in [0.05, 0.1) is 5.56 Å². The molecule has 4 nitrogen and oxygen atoms in total. The smallest absolute Gasteiger partial charge is 0.274 e. The first-order chi connectivity index (χ1) is 11.2. The van der Waals surface area contributed by atoms with Crippen LogP contribution in [0.1, 0.15) is 92.5 Å². The molecule has 0 bridgehead atoms. The van der Waals surface area contributed by atoms with Crippen LogP contribution in [0.3, 0.4) is 0 Å². The average Bonchev–Trinajstić information content (AvgIpc) is 2.85. The van der Waals surface area contributed by atoms with Gasteiger partial charge in [0, 0.05) is 5.71 Å². The molecule has 1 amide bonds. The fourth-order valence-corrected chi connectivity index (χ4v) is 3.18. The maximum Gasteiger partial charge on any atom is 0.274 e. The zero-order valence-electron chi connectivity index (χ0n) is 14.6. The monoisotopic (exact) mass is 318 g/mol. The lowest BCUT2D eigenvalue weighted by Crippen LogP contribution is -2.20. The summed E-state index contributed by atoms with van der Waals surface area (Å²) in [6, 6.07) is 1.77. The van der Waals surface area contributed by atoms with Crippen molar-refractivity contribution < 1.29 is 9.21 Å². The predicted octanol–water partition coefficient (Wildman–Crippen LogP) is 5.29.